The third-order valence-corrected chi connectivity index (χ3v) is 3.59. The molecule has 0 radical (unpaired) electrons. The highest BCUT2D eigenvalue weighted by Gasteiger charge is 2.15. The third kappa shape index (κ3) is 3.43. The number of nitrogens with zero attached hydrogens (tertiary/aromatic N) is 2. The summed E-state index contributed by atoms with van der Waals surface area (Å²) in [6, 6.07) is 1.76. The summed E-state index contributed by atoms with van der Waals surface area (Å²) in [7, 11) is 0. The lowest BCUT2D eigenvalue weighted by Gasteiger charge is -2.16. The topological polar surface area (TPSA) is 64.0 Å². The maximum Gasteiger partial charge on any atom is 0.267 e. The molecule has 1 atom stereocenters. The second-order valence-electron chi connectivity index (χ2n) is 5.20. The quantitative estimate of drug-likeness (QED) is 0.882. The van der Waals surface area contributed by atoms with E-state index in [-0.39, 0.29) is 24.1 Å². The van der Waals surface area contributed by atoms with Crippen LogP contribution in [0.25, 0.3) is 0 Å². The van der Waals surface area contributed by atoms with Crippen molar-refractivity contribution < 1.29 is 4.79 Å². The maximum atomic E-state index is 11.9. The van der Waals surface area contributed by atoms with Crippen molar-refractivity contribution >= 4 is 5.91 Å². The Morgan fingerprint density at radius 1 is 1.47 bits per heavy atom. The van der Waals surface area contributed by atoms with Gasteiger partial charge in [0.15, 0.2) is 0 Å². The minimum atomic E-state index is -0.181. The van der Waals surface area contributed by atoms with Crippen LogP contribution in [0, 0.1) is 0 Å². The average Bonchev–Trinajstić information content (AvgIpc) is 2.39. The number of rotatable bonds is 4. The Labute approximate surface area is 113 Å². The molecule has 1 aliphatic carbocycles. The summed E-state index contributed by atoms with van der Waals surface area (Å²) in [5, 5.41) is 7.18. The standard InChI is InChI=1S/C14H21N3O2/c1-3-10(2)15-13(18)9-17-14(19)8-11-6-4-5-7-12(11)16-17/h8,10H,3-7,9H2,1-2H3,(H,15,18). The van der Waals surface area contributed by atoms with Gasteiger partial charge in [0.25, 0.3) is 5.56 Å². The lowest BCUT2D eigenvalue weighted by Crippen LogP contribution is -2.38. The molecule has 0 saturated heterocycles. The van der Waals surface area contributed by atoms with Gasteiger partial charge in [-0.25, -0.2) is 4.68 Å². The molecule has 0 aliphatic heterocycles. The van der Waals surface area contributed by atoms with Gasteiger partial charge in [0.1, 0.15) is 6.54 Å². The molecule has 1 heterocycles. The fourth-order valence-electron chi connectivity index (χ4n) is 2.27. The van der Waals surface area contributed by atoms with Gasteiger partial charge >= 0.3 is 0 Å². The van der Waals surface area contributed by atoms with E-state index >= 15 is 0 Å². The molecule has 0 bridgehead atoms. The van der Waals surface area contributed by atoms with Crippen molar-refractivity contribution in [3.05, 3.63) is 27.7 Å². The van der Waals surface area contributed by atoms with Crippen molar-refractivity contribution in [1.82, 2.24) is 15.1 Å². The first kappa shape index (κ1) is 13.8. The van der Waals surface area contributed by atoms with Gasteiger partial charge in [-0.1, -0.05) is 6.92 Å². The van der Waals surface area contributed by atoms with E-state index in [4.69, 9.17) is 0 Å². The second-order valence-corrected chi connectivity index (χ2v) is 5.20. The summed E-state index contributed by atoms with van der Waals surface area (Å²) in [5.74, 6) is -0.153. The summed E-state index contributed by atoms with van der Waals surface area (Å²) in [4.78, 5) is 23.7. The van der Waals surface area contributed by atoms with Crippen molar-refractivity contribution in [2.75, 3.05) is 0 Å². The summed E-state index contributed by atoms with van der Waals surface area (Å²) >= 11 is 0. The first-order chi connectivity index (χ1) is 9.10. The zero-order chi connectivity index (χ0) is 13.8. The first-order valence-electron chi connectivity index (χ1n) is 6.99. The van der Waals surface area contributed by atoms with Crippen LogP contribution < -0.4 is 10.9 Å². The Balaban J connectivity index is 2.12. The molecule has 0 fully saturated rings. The smallest absolute Gasteiger partial charge is 0.267 e. The zero-order valence-electron chi connectivity index (χ0n) is 11.6. The van der Waals surface area contributed by atoms with Gasteiger partial charge in [0.2, 0.25) is 5.91 Å². The van der Waals surface area contributed by atoms with E-state index in [1.807, 2.05) is 13.8 Å². The third-order valence-electron chi connectivity index (χ3n) is 3.59. The number of hydrogen-bond acceptors (Lipinski definition) is 3. The predicted molar refractivity (Wildman–Crippen MR) is 73.0 cm³/mol. The molecule has 1 aromatic heterocycles. The summed E-state index contributed by atoms with van der Waals surface area (Å²) in [6.45, 7) is 3.96. The Morgan fingerprint density at radius 2 is 2.21 bits per heavy atom. The van der Waals surface area contributed by atoms with Crippen LogP contribution in [0.15, 0.2) is 10.9 Å². The molecule has 1 N–H and O–H groups in total. The van der Waals surface area contributed by atoms with E-state index in [1.54, 1.807) is 6.07 Å². The van der Waals surface area contributed by atoms with Gasteiger partial charge < -0.3 is 5.32 Å². The molecule has 0 saturated carbocycles. The van der Waals surface area contributed by atoms with Crippen LogP contribution in [-0.4, -0.2) is 21.7 Å². The van der Waals surface area contributed by atoms with Crippen LogP contribution in [-0.2, 0) is 24.2 Å². The number of amides is 1. The Bertz CT molecular complexity index is 522. The highest BCUT2D eigenvalue weighted by atomic mass is 16.2. The number of carbonyl (C=O) groups is 1. The Hall–Kier alpha value is -1.65. The maximum absolute atomic E-state index is 11.9. The number of carbonyl (C=O) groups excluding carboxylic acids is 1. The van der Waals surface area contributed by atoms with Gasteiger partial charge in [-0.3, -0.25) is 9.59 Å². The highest BCUT2D eigenvalue weighted by molar-refractivity contribution is 5.75. The normalized spacial score (nSPS) is 15.7. The minimum Gasteiger partial charge on any atom is -0.352 e. The van der Waals surface area contributed by atoms with Crippen molar-refractivity contribution in [2.45, 2.75) is 58.5 Å². The SMILES string of the molecule is CCC(C)NC(=O)Cn1nc2c(cc1=O)CCCC2. The van der Waals surface area contributed by atoms with Gasteiger partial charge in [-0.2, -0.15) is 5.10 Å². The Morgan fingerprint density at radius 3 is 2.95 bits per heavy atom. The molecule has 1 aromatic rings. The molecule has 104 valence electrons. The van der Waals surface area contributed by atoms with Crippen molar-refractivity contribution in [1.29, 1.82) is 0 Å². The van der Waals surface area contributed by atoms with E-state index in [2.05, 4.69) is 10.4 Å². The summed E-state index contributed by atoms with van der Waals surface area (Å²) < 4.78 is 1.28. The molecule has 0 spiro atoms. The van der Waals surface area contributed by atoms with Crippen LogP contribution >= 0.6 is 0 Å². The van der Waals surface area contributed by atoms with E-state index in [1.165, 1.54) is 4.68 Å². The highest BCUT2D eigenvalue weighted by Crippen LogP contribution is 2.16. The molecule has 5 heteroatoms. The summed E-state index contributed by atoms with van der Waals surface area (Å²) in [5.41, 5.74) is 1.84. The van der Waals surface area contributed by atoms with Gasteiger partial charge in [0.05, 0.1) is 5.69 Å². The minimum absolute atomic E-state index is 0.0104. The van der Waals surface area contributed by atoms with Crippen LogP contribution in [0.2, 0.25) is 0 Å². The molecule has 2 rings (SSSR count). The molecule has 19 heavy (non-hydrogen) atoms. The van der Waals surface area contributed by atoms with Gasteiger partial charge in [0, 0.05) is 12.1 Å². The van der Waals surface area contributed by atoms with E-state index < -0.39 is 0 Å². The number of nitrogens with one attached hydrogen (secondary N) is 1. The van der Waals surface area contributed by atoms with Crippen LogP contribution in [0.3, 0.4) is 0 Å². The van der Waals surface area contributed by atoms with Crippen molar-refractivity contribution in [2.24, 2.45) is 0 Å². The predicted octanol–water partition coefficient (Wildman–Crippen LogP) is 1.04. The number of aromatic nitrogens is 2. The fraction of sp³-hybridized carbons (Fsp3) is 0.643. The Kier molecular flexibility index (Phi) is 4.35. The summed E-state index contributed by atoms with van der Waals surface area (Å²) in [6.07, 6.45) is 4.93. The lowest BCUT2D eigenvalue weighted by molar-refractivity contribution is -0.122. The van der Waals surface area contributed by atoms with Crippen LogP contribution in [0.1, 0.15) is 44.4 Å². The molecular weight excluding hydrogens is 242 g/mol. The number of hydrogen-bond donors (Lipinski definition) is 1. The molecule has 1 unspecified atom stereocenters. The van der Waals surface area contributed by atoms with E-state index in [0.29, 0.717) is 0 Å². The molecule has 5 nitrogen and oxygen atoms in total. The lowest BCUT2D eigenvalue weighted by atomic mass is 9.97. The van der Waals surface area contributed by atoms with Crippen molar-refractivity contribution in [3.63, 3.8) is 0 Å². The van der Waals surface area contributed by atoms with Crippen molar-refractivity contribution in [3.8, 4) is 0 Å². The van der Waals surface area contributed by atoms with Gasteiger partial charge in [-0.15, -0.1) is 0 Å². The number of fused-ring (bicyclic) bond motifs is 1. The molecular formula is C14H21N3O2. The largest absolute Gasteiger partial charge is 0.352 e. The van der Waals surface area contributed by atoms with E-state index in [0.717, 1.165) is 43.4 Å². The van der Waals surface area contributed by atoms with Crippen LogP contribution in [0.5, 0.6) is 0 Å². The average molecular weight is 263 g/mol. The molecule has 1 amide bonds. The zero-order valence-corrected chi connectivity index (χ0v) is 11.6. The molecule has 1 aliphatic rings. The van der Waals surface area contributed by atoms with Gasteiger partial charge in [-0.05, 0) is 44.6 Å². The van der Waals surface area contributed by atoms with Crippen LogP contribution in [0.4, 0.5) is 0 Å². The van der Waals surface area contributed by atoms with E-state index in [9.17, 15) is 9.59 Å². The first-order valence-corrected chi connectivity index (χ1v) is 6.99. The fourth-order valence-corrected chi connectivity index (χ4v) is 2.27. The monoisotopic (exact) mass is 263 g/mol. The molecule has 0 aromatic carbocycles. The number of aryl methyl sites for hydroxylation is 2. The second kappa shape index (κ2) is 5.99.